The number of piperazine rings is 1. The first-order valence-corrected chi connectivity index (χ1v) is 10.2. The Bertz CT molecular complexity index is 820. The van der Waals surface area contributed by atoms with E-state index in [0.717, 1.165) is 16.6 Å². The van der Waals surface area contributed by atoms with E-state index in [1.165, 1.54) is 12.1 Å². The fourth-order valence-electron chi connectivity index (χ4n) is 3.12. The van der Waals surface area contributed by atoms with Gasteiger partial charge in [-0.2, -0.15) is 13.2 Å². The monoisotopic (exact) mass is 409 g/mol. The van der Waals surface area contributed by atoms with Crippen molar-refractivity contribution in [2.45, 2.75) is 17.6 Å². The lowest BCUT2D eigenvalue weighted by atomic mass is 10.1. The maximum absolute atomic E-state index is 12.8. The zero-order valence-corrected chi connectivity index (χ0v) is 16.3. The van der Waals surface area contributed by atoms with Crippen molar-refractivity contribution in [3.8, 4) is 0 Å². The van der Waals surface area contributed by atoms with Crippen LogP contribution in [0.3, 0.4) is 0 Å². The molecular weight excluding hydrogens is 387 g/mol. The molecule has 2 aromatic rings. The van der Waals surface area contributed by atoms with Gasteiger partial charge in [-0.05, 0) is 36.1 Å². The maximum atomic E-state index is 12.8. The number of thioether (sulfide) groups is 1. The van der Waals surface area contributed by atoms with Crippen LogP contribution in [-0.4, -0.2) is 48.3 Å². The molecule has 1 aliphatic heterocycles. The van der Waals surface area contributed by atoms with Gasteiger partial charge in [0.1, 0.15) is 0 Å². The Hall–Kier alpha value is -2.19. The first-order valence-electron chi connectivity index (χ1n) is 8.93. The van der Waals surface area contributed by atoms with Crippen LogP contribution in [0.1, 0.15) is 11.1 Å². The van der Waals surface area contributed by atoms with Crippen molar-refractivity contribution in [1.82, 2.24) is 9.80 Å². The van der Waals surface area contributed by atoms with Crippen LogP contribution in [0.25, 0.3) is 0 Å². The zero-order chi connectivity index (χ0) is 20.1. The van der Waals surface area contributed by atoms with E-state index in [1.54, 1.807) is 22.7 Å². The predicted molar refractivity (Wildman–Crippen MR) is 106 cm³/mol. The van der Waals surface area contributed by atoms with Crippen molar-refractivity contribution in [3.63, 3.8) is 0 Å². The fraction of sp³-hybridized carbons (Fsp3) is 0.350. The summed E-state index contributed by atoms with van der Waals surface area (Å²) in [6.45, 7) is 2.75. The average molecular weight is 409 g/mol. The molecule has 0 spiro atoms. The van der Waals surface area contributed by atoms with Crippen LogP contribution in [0, 0.1) is 0 Å². The standard InChI is InChI=1S/C20H22F3N3OS/c1-28-18-7-3-6-17(13-18)24-19(27)26-10-8-25(9-11-26)14-15-4-2-5-16(12-15)20(21,22)23/h2-7,12-13H,8-11,14H2,1H3,(H,24,27). The fourth-order valence-corrected chi connectivity index (χ4v) is 3.58. The van der Waals surface area contributed by atoms with Gasteiger partial charge in [0.05, 0.1) is 5.56 Å². The molecule has 28 heavy (non-hydrogen) atoms. The minimum atomic E-state index is -4.33. The van der Waals surface area contributed by atoms with Gasteiger partial charge in [0.2, 0.25) is 0 Å². The molecule has 0 saturated carbocycles. The van der Waals surface area contributed by atoms with Gasteiger partial charge in [0.15, 0.2) is 0 Å². The molecule has 0 unspecified atom stereocenters. The number of hydrogen-bond donors (Lipinski definition) is 1. The lowest BCUT2D eigenvalue weighted by Crippen LogP contribution is -2.49. The number of nitrogens with one attached hydrogen (secondary N) is 1. The molecule has 0 radical (unpaired) electrons. The molecule has 1 heterocycles. The molecule has 1 N–H and O–H groups in total. The van der Waals surface area contributed by atoms with Gasteiger partial charge in [0, 0.05) is 43.3 Å². The molecule has 3 rings (SSSR count). The first-order chi connectivity index (χ1) is 13.3. The highest BCUT2D eigenvalue weighted by molar-refractivity contribution is 7.98. The molecule has 150 valence electrons. The molecule has 4 nitrogen and oxygen atoms in total. The van der Waals surface area contributed by atoms with Crippen molar-refractivity contribution >= 4 is 23.5 Å². The summed E-state index contributed by atoms with van der Waals surface area (Å²) in [4.78, 5) is 17.3. The van der Waals surface area contributed by atoms with Crippen molar-refractivity contribution < 1.29 is 18.0 Å². The second kappa shape index (κ2) is 8.87. The van der Waals surface area contributed by atoms with Crippen LogP contribution < -0.4 is 5.32 Å². The molecule has 0 atom stereocenters. The number of urea groups is 1. The summed E-state index contributed by atoms with van der Waals surface area (Å²) in [5.41, 5.74) is 0.750. The van der Waals surface area contributed by atoms with Crippen LogP contribution in [0.15, 0.2) is 53.4 Å². The molecule has 0 aliphatic carbocycles. The van der Waals surface area contributed by atoms with E-state index in [2.05, 4.69) is 10.2 Å². The Morgan fingerprint density at radius 3 is 2.46 bits per heavy atom. The normalized spacial score (nSPS) is 15.5. The summed E-state index contributed by atoms with van der Waals surface area (Å²) in [6.07, 6.45) is -2.36. The zero-order valence-electron chi connectivity index (χ0n) is 15.5. The van der Waals surface area contributed by atoms with E-state index < -0.39 is 11.7 Å². The highest BCUT2D eigenvalue weighted by Crippen LogP contribution is 2.29. The number of hydrogen-bond acceptors (Lipinski definition) is 3. The number of nitrogens with zero attached hydrogens (tertiary/aromatic N) is 2. The quantitative estimate of drug-likeness (QED) is 0.739. The van der Waals surface area contributed by atoms with Gasteiger partial charge in [0.25, 0.3) is 0 Å². The number of benzene rings is 2. The van der Waals surface area contributed by atoms with Crippen LogP contribution in [0.5, 0.6) is 0 Å². The Labute approximate surface area is 166 Å². The Balaban J connectivity index is 1.52. The molecule has 1 saturated heterocycles. The first kappa shape index (κ1) is 20.5. The summed E-state index contributed by atoms with van der Waals surface area (Å²) in [5, 5.41) is 2.91. The third-order valence-electron chi connectivity index (χ3n) is 4.64. The average Bonchev–Trinajstić information content (AvgIpc) is 2.68. The number of carbonyl (C=O) groups is 1. The topological polar surface area (TPSA) is 35.6 Å². The number of carbonyl (C=O) groups excluding carboxylic acids is 1. The van der Waals surface area contributed by atoms with Crippen molar-refractivity contribution in [1.29, 1.82) is 0 Å². The molecule has 2 amide bonds. The van der Waals surface area contributed by atoms with Crippen molar-refractivity contribution in [3.05, 3.63) is 59.7 Å². The van der Waals surface area contributed by atoms with Gasteiger partial charge >= 0.3 is 12.2 Å². The molecule has 8 heteroatoms. The molecule has 0 bridgehead atoms. The highest BCUT2D eigenvalue weighted by atomic mass is 32.2. The Kier molecular flexibility index (Phi) is 6.51. The van der Waals surface area contributed by atoms with Crippen LogP contribution >= 0.6 is 11.8 Å². The molecule has 2 aromatic carbocycles. The van der Waals surface area contributed by atoms with Gasteiger partial charge in [-0.15, -0.1) is 11.8 Å². The molecule has 1 aliphatic rings. The maximum Gasteiger partial charge on any atom is 0.416 e. The third kappa shape index (κ3) is 5.42. The van der Waals surface area contributed by atoms with Gasteiger partial charge in [-0.3, -0.25) is 4.90 Å². The SMILES string of the molecule is CSc1cccc(NC(=O)N2CCN(Cc3cccc(C(F)(F)F)c3)CC2)c1. The van der Waals surface area contributed by atoms with E-state index in [9.17, 15) is 18.0 Å². The molecule has 0 aromatic heterocycles. The van der Waals surface area contributed by atoms with Crippen LogP contribution in [0.2, 0.25) is 0 Å². The van der Waals surface area contributed by atoms with Crippen LogP contribution in [0.4, 0.5) is 23.7 Å². The van der Waals surface area contributed by atoms with Gasteiger partial charge in [-0.25, -0.2) is 4.79 Å². The lowest BCUT2D eigenvalue weighted by Gasteiger charge is -2.34. The number of alkyl halides is 3. The van der Waals surface area contributed by atoms with E-state index >= 15 is 0 Å². The van der Waals surface area contributed by atoms with Crippen molar-refractivity contribution in [2.75, 3.05) is 37.8 Å². The number of halogens is 3. The summed E-state index contributed by atoms with van der Waals surface area (Å²) in [6, 6.07) is 12.9. The number of amides is 2. The third-order valence-corrected chi connectivity index (χ3v) is 5.37. The van der Waals surface area contributed by atoms with E-state index in [4.69, 9.17) is 0 Å². The Morgan fingerprint density at radius 2 is 1.79 bits per heavy atom. The summed E-state index contributed by atoms with van der Waals surface area (Å²) in [7, 11) is 0. The summed E-state index contributed by atoms with van der Waals surface area (Å²) < 4.78 is 38.5. The second-order valence-corrected chi connectivity index (χ2v) is 7.50. The van der Waals surface area contributed by atoms with Gasteiger partial charge < -0.3 is 10.2 Å². The van der Waals surface area contributed by atoms with Crippen LogP contribution in [-0.2, 0) is 12.7 Å². The Morgan fingerprint density at radius 1 is 1.07 bits per heavy atom. The molecular formula is C20H22F3N3OS. The van der Waals surface area contributed by atoms with E-state index in [1.807, 2.05) is 30.5 Å². The summed E-state index contributed by atoms with van der Waals surface area (Å²) in [5.74, 6) is 0. The molecule has 1 fully saturated rings. The van der Waals surface area contributed by atoms with E-state index in [0.29, 0.717) is 38.3 Å². The smallest absolute Gasteiger partial charge is 0.322 e. The summed E-state index contributed by atoms with van der Waals surface area (Å²) >= 11 is 1.61. The van der Waals surface area contributed by atoms with E-state index in [-0.39, 0.29) is 6.03 Å². The minimum Gasteiger partial charge on any atom is -0.322 e. The highest BCUT2D eigenvalue weighted by Gasteiger charge is 2.30. The lowest BCUT2D eigenvalue weighted by molar-refractivity contribution is -0.137. The number of anilines is 1. The largest absolute Gasteiger partial charge is 0.416 e. The minimum absolute atomic E-state index is 0.156. The van der Waals surface area contributed by atoms with Crippen molar-refractivity contribution in [2.24, 2.45) is 0 Å². The second-order valence-electron chi connectivity index (χ2n) is 6.62. The van der Waals surface area contributed by atoms with Gasteiger partial charge in [-0.1, -0.05) is 24.3 Å². The number of rotatable bonds is 4. The predicted octanol–water partition coefficient (Wildman–Crippen LogP) is 4.78.